The Labute approximate surface area is 236 Å². The van der Waals surface area contributed by atoms with Crippen molar-refractivity contribution in [2.24, 2.45) is 0 Å². The van der Waals surface area contributed by atoms with E-state index in [4.69, 9.17) is 14.5 Å². The number of hydrogen-bond donors (Lipinski definition) is 1. The van der Waals surface area contributed by atoms with Crippen LogP contribution in [0.4, 0.5) is 0 Å². The number of aryl methyl sites for hydroxylation is 2. The molecule has 0 bridgehead atoms. The zero-order chi connectivity index (χ0) is 28.0. The number of piperidine rings is 1. The van der Waals surface area contributed by atoms with Gasteiger partial charge in [-0.3, -0.25) is 14.7 Å². The fourth-order valence-corrected chi connectivity index (χ4v) is 6.35. The summed E-state index contributed by atoms with van der Waals surface area (Å²) in [5.74, 6) is 1.30. The number of nitrogens with one attached hydrogen (secondary N) is 1. The van der Waals surface area contributed by atoms with Gasteiger partial charge in [0.15, 0.2) is 17.3 Å². The minimum atomic E-state index is -0.311. The maximum atomic E-state index is 13.8. The zero-order valence-electron chi connectivity index (χ0n) is 22.9. The Morgan fingerprint density at radius 3 is 2.71 bits per heavy atom. The van der Waals surface area contributed by atoms with E-state index in [1.165, 1.54) is 10.8 Å². The van der Waals surface area contributed by atoms with Gasteiger partial charge in [-0.15, -0.1) is 0 Å². The molecular weight excluding hydrogens is 522 g/mol. The molecule has 1 spiro atoms. The fourth-order valence-electron chi connectivity index (χ4n) is 6.35. The third kappa shape index (κ3) is 4.50. The summed E-state index contributed by atoms with van der Waals surface area (Å²) < 4.78 is 13.0. The number of rotatable bonds is 5. The first-order chi connectivity index (χ1) is 20.0. The van der Waals surface area contributed by atoms with Crippen LogP contribution in [-0.2, 0) is 23.2 Å². The van der Waals surface area contributed by atoms with Crippen LogP contribution in [0.3, 0.4) is 0 Å². The molecule has 0 radical (unpaired) electrons. The molecule has 5 heterocycles. The highest BCUT2D eigenvalue weighted by Crippen LogP contribution is 2.44. The molecule has 11 heteroatoms. The third-order valence-corrected chi connectivity index (χ3v) is 8.63. The topological polar surface area (TPSA) is 128 Å². The Kier molecular flexibility index (Phi) is 6.38. The summed E-state index contributed by atoms with van der Waals surface area (Å²) in [5, 5.41) is 3.18. The Bertz CT molecular complexity index is 1720. The van der Waals surface area contributed by atoms with Crippen LogP contribution in [0.5, 0.6) is 5.75 Å². The number of amides is 1. The summed E-state index contributed by atoms with van der Waals surface area (Å²) in [4.78, 5) is 47.3. The van der Waals surface area contributed by atoms with E-state index in [1.807, 2.05) is 48.2 Å². The van der Waals surface area contributed by atoms with E-state index in [1.54, 1.807) is 0 Å². The zero-order valence-corrected chi connectivity index (χ0v) is 22.9. The lowest BCUT2D eigenvalue weighted by Crippen LogP contribution is -2.46. The van der Waals surface area contributed by atoms with Gasteiger partial charge in [0.1, 0.15) is 12.9 Å². The Balaban J connectivity index is 1.12. The van der Waals surface area contributed by atoms with Crippen LogP contribution >= 0.6 is 0 Å². The highest BCUT2D eigenvalue weighted by molar-refractivity contribution is 5.95. The van der Waals surface area contributed by atoms with Crippen LogP contribution in [0.2, 0.25) is 0 Å². The van der Waals surface area contributed by atoms with Crippen LogP contribution in [-0.4, -0.2) is 66.7 Å². The molecule has 11 nitrogen and oxygen atoms in total. The van der Waals surface area contributed by atoms with Gasteiger partial charge < -0.3 is 14.4 Å². The van der Waals surface area contributed by atoms with Crippen molar-refractivity contribution in [1.29, 1.82) is 0 Å². The van der Waals surface area contributed by atoms with Gasteiger partial charge in [0, 0.05) is 24.1 Å². The second kappa shape index (κ2) is 10.2. The number of carbonyl (C=O) groups excluding carboxylic acids is 1. The number of aromatic nitrogens is 6. The molecule has 41 heavy (non-hydrogen) atoms. The van der Waals surface area contributed by atoms with E-state index in [9.17, 15) is 9.59 Å². The minimum absolute atomic E-state index is 0.0864. The maximum Gasteiger partial charge on any atom is 0.278 e. The van der Waals surface area contributed by atoms with Crippen molar-refractivity contribution >= 4 is 17.3 Å². The SMILES string of the molecule is Cc1ncnc(C(=O)N2CCC3(CCc4nc5nc(C6=CCOCC6)[nH]n5c(=O)c43)CC2)c1OCc1ccccc1. The Hall–Kier alpha value is -4.38. The van der Waals surface area contributed by atoms with Crippen molar-refractivity contribution in [2.45, 2.75) is 51.0 Å². The number of ether oxygens (including phenoxy) is 2. The van der Waals surface area contributed by atoms with Gasteiger partial charge in [0.05, 0.1) is 24.6 Å². The minimum Gasteiger partial charge on any atom is -0.485 e. The third-order valence-electron chi connectivity index (χ3n) is 8.63. The number of hydrogen-bond acceptors (Lipinski definition) is 8. The lowest BCUT2D eigenvalue weighted by Gasteiger charge is -2.39. The predicted molar refractivity (Wildman–Crippen MR) is 150 cm³/mol. The molecule has 1 amide bonds. The summed E-state index contributed by atoms with van der Waals surface area (Å²) >= 11 is 0. The molecular formula is C30H31N7O4. The molecule has 0 atom stereocenters. The lowest BCUT2D eigenvalue weighted by atomic mass is 9.74. The molecule has 0 saturated carbocycles. The van der Waals surface area contributed by atoms with E-state index in [0.717, 1.165) is 41.7 Å². The molecule has 1 N–H and O–H groups in total. The molecule has 0 unspecified atom stereocenters. The number of benzene rings is 1. The summed E-state index contributed by atoms with van der Waals surface area (Å²) in [7, 11) is 0. The number of carbonyl (C=O) groups is 1. The quantitative estimate of drug-likeness (QED) is 0.400. The molecule has 7 rings (SSSR count). The molecule has 1 aromatic carbocycles. The van der Waals surface area contributed by atoms with Crippen LogP contribution in [0.1, 0.15) is 64.5 Å². The highest BCUT2D eigenvalue weighted by Gasteiger charge is 2.46. The fraction of sp³-hybridized carbons (Fsp3) is 0.400. The van der Waals surface area contributed by atoms with Gasteiger partial charge in [-0.25, -0.2) is 15.0 Å². The largest absolute Gasteiger partial charge is 0.485 e. The Morgan fingerprint density at radius 1 is 1.10 bits per heavy atom. The second-order valence-corrected chi connectivity index (χ2v) is 11.0. The van der Waals surface area contributed by atoms with E-state index < -0.39 is 0 Å². The lowest BCUT2D eigenvalue weighted by molar-refractivity contribution is 0.0653. The van der Waals surface area contributed by atoms with Gasteiger partial charge in [-0.1, -0.05) is 36.4 Å². The van der Waals surface area contributed by atoms with Crippen LogP contribution < -0.4 is 10.3 Å². The maximum absolute atomic E-state index is 13.8. The molecule has 210 valence electrons. The van der Waals surface area contributed by atoms with Crippen molar-refractivity contribution in [3.8, 4) is 5.75 Å². The first kappa shape index (κ1) is 25.6. The number of likely N-dealkylation sites (tertiary alicyclic amines) is 1. The number of fused-ring (bicyclic) bond motifs is 3. The summed E-state index contributed by atoms with van der Waals surface area (Å²) in [6, 6.07) is 9.80. The normalized spacial score (nSPS) is 18.0. The van der Waals surface area contributed by atoms with Crippen molar-refractivity contribution in [1.82, 2.24) is 34.4 Å². The smallest absolute Gasteiger partial charge is 0.278 e. The van der Waals surface area contributed by atoms with Gasteiger partial charge in [-0.05, 0) is 50.2 Å². The van der Waals surface area contributed by atoms with Gasteiger partial charge in [-0.2, -0.15) is 9.50 Å². The summed E-state index contributed by atoms with van der Waals surface area (Å²) in [6.07, 6.45) is 7.08. The number of nitrogens with zero attached hydrogens (tertiary/aromatic N) is 6. The van der Waals surface area contributed by atoms with Gasteiger partial charge >= 0.3 is 0 Å². The average molecular weight is 554 g/mol. The van der Waals surface area contributed by atoms with E-state index in [2.05, 4.69) is 20.1 Å². The van der Waals surface area contributed by atoms with Crippen molar-refractivity contribution in [2.75, 3.05) is 26.3 Å². The monoisotopic (exact) mass is 553 g/mol. The molecule has 2 aliphatic heterocycles. The van der Waals surface area contributed by atoms with Crippen molar-refractivity contribution in [3.63, 3.8) is 0 Å². The van der Waals surface area contributed by atoms with Crippen LogP contribution in [0, 0.1) is 6.92 Å². The standard InChI is InChI=1S/C30H31N7O4/c1-19-25(41-17-20-5-3-2-4-6-20)24(32-18-31-19)28(39)36-13-11-30(12-14-36)10-7-22-23(30)27(38)37-29(33-22)34-26(35-37)21-8-15-40-16-9-21/h2-6,8,18H,7,9-17H2,1H3,(H,33,34,35). The van der Waals surface area contributed by atoms with Crippen molar-refractivity contribution in [3.05, 3.63) is 87.1 Å². The molecule has 1 fully saturated rings. The summed E-state index contributed by atoms with van der Waals surface area (Å²) in [6.45, 7) is 4.35. The molecule has 1 saturated heterocycles. The Morgan fingerprint density at radius 2 is 1.93 bits per heavy atom. The number of aromatic amines is 1. The van der Waals surface area contributed by atoms with Gasteiger partial charge in [0.2, 0.25) is 0 Å². The first-order valence-corrected chi connectivity index (χ1v) is 14.1. The molecule has 3 aliphatic rings. The van der Waals surface area contributed by atoms with Crippen LogP contribution in [0.25, 0.3) is 11.4 Å². The molecule has 4 aromatic rings. The van der Waals surface area contributed by atoms with E-state index >= 15 is 0 Å². The molecule has 3 aromatic heterocycles. The first-order valence-electron chi connectivity index (χ1n) is 14.1. The van der Waals surface area contributed by atoms with Gasteiger partial charge in [0.25, 0.3) is 17.2 Å². The molecule has 1 aliphatic carbocycles. The van der Waals surface area contributed by atoms with E-state index in [-0.39, 0.29) is 22.6 Å². The summed E-state index contributed by atoms with van der Waals surface area (Å²) in [5.41, 5.74) is 4.13. The predicted octanol–water partition coefficient (Wildman–Crippen LogP) is 3.02. The average Bonchev–Trinajstić information content (AvgIpc) is 3.60. The van der Waals surface area contributed by atoms with Crippen LogP contribution in [0.15, 0.2) is 47.5 Å². The second-order valence-electron chi connectivity index (χ2n) is 11.0. The van der Waals surface area contributed by atoms with Crippen molar-refractivity contribution < 1.29 is 14.3 Å². The van der Waals surface area contributed by atoms with E-state index in [0.29, 0.717) is 68.8 Å². The highest BCUT2D eigenvalue weighted by atomic mass is 16.5. The number of H-pyrrole nitrogens is 1.